The second kappa shape index (κ2) is 6.75. The molecule has 1 unspecified atom stereocenters. The number of nitrogens with one attached hydrogen (secondary N) is 1. The number of fused-ring (bicyclic) bond motifs is 1. The lowest BCUT2D eigenvalue weighted by Gasteiger charge is -2.20. The Kier molecular flexibility index (Phi) is 4.69. The van der Waals surface area contributed by atoms with Crippen molar-refractivity contribution >= 4 is 45.6 Å². The van der Waals surface area contributed by atoms with Crippen molar-refractivity contribution in [2.45, 2.75) is 19.9 Å². The standard InChI is InChI=1S/C17H16ClN3O2S/c1-9(2)13(17(22)23)20-15-10-5-3-4-6-12(10)19-16(21-15)14-11(18)7-8-24-14/h3-9,13H,1-2H3,(H,22,23)(H,19,20,21). The van der Waals surface area contributed by atoms with Crippen LogP contribution in [0.5, 0.6) is 0 Å². The van der Waals surface area contributed by atoms with Crippen LogP contribution in [0.1, 0.15) is 13.8 Å². The summed E-state index contributed by atoms with van der Waals surface area (Å²) in [5, 5.41) is 15.7. The Labute approximate surface area is 148 Å². The summed E-state index contributed by atoms with van der Waals surface area (Å²) in [5.74, 6) is -0.0151. The Hall–Kier alpha value is -2.18. The molecule has 0 saturated carbocycles. The van der Waals surface area contributed by atoms with E-state index < -0.39 is 12.0 Å². The number of benzene rings is 1. The number of aromatic nitrogens is 2. The summed E-state index contributed by atoms with van der Waals surface area (Å²) in [6.07, 6.45) is 0. The molecule has 0 aliphatic carbocycles. The lowest BCUT2D eigenvalue weighted by Crippen LogP contribution is -2.34. The van der Waals surface area contributed by atoms with Gasteiger partial charge < -0.3 is 10.4 Å². The summed E-state index contributed by atoms with van der Waals surface area (Å²) < 4.78 is 0. The number of halogens is 1. The lowest BCUT2D eigenvalue weighted by molar-refractivity contribution is -0.138. The molecule has 0 bridgehead atoms. The number of carboxylic acids is 1. The SMILES string of the molecule is CC(C)C(Nc1nc(-c2sccc2Cl)nc2ccccc12)C(=O)O. The van der Waals surface area contributed by atoms with Gasteiger partial charge in [0.15, 0.2) is 5.82 Å². The fraction of sp³-hybridized carbons (Fsp3) is 0.235. The zero-order valence-corrected chi connectivity index (χ0v) is 14.7. The lowest BCUT2D eigenvalue weighted by atomic mass is 10.0. The molecule has 0 aliphatic rings. The third-order valence-electron chi connectivity index (χ3n) is 3.65. The molecule has 7 heteroatoms. The summed E-state index contributed by atoms with van der Waals surface area (Å²) in [6.45, 7) is 3.71. The Balaban J connectivity index is 2.15. The average molecular weight is 362 g/mol. The molecule has 2 N–H and O–H groups in total. The summed E-state index contributed by atoms with van der Waals surface area (Å²) in [7, 11) is 0. The summed E-state index contributed by atoms with van der Waals surface area (Å²) in [4.78, 5) is 21.4. The zero-order chi connectivity index (χ0) is 17.3. The third kappa shape index (κ3) is 3.20. The number of thiophene rings is 1. The van der Waals surface area contributed by atoms with Crippen LogP contribution in [0, 0.1) is 5.92 Å². The number of aliphatic carboxylic acids is 1. The van der Waals surface area contributed by atoms with Crippen molar-refractivity contribution in [2.24, 2.45) is 5.92 Å². The van der Waals surface area contributed by atoms with Crippen molar-refractivity contribution in [1.82, 2.24) is 9.97 Å². The number of nitrogens with zero attached hydrogens (tertiary/aromatic N) is 2. The second-order valence-electron chi connectivity index (χ2n) is 5.71. The van der Waals surface area contributed by atoms with Crippen molar-refractivity contribution in [1.29, 1.82) is 0 Å². The van der Waals surface area contributed by atoms with E-state index in [9.17, 15) is 9.90 Å². The number of carboxylic acid groups (broad SMARTS) is 1. The van der Waals surface area contributed by atoms with Gasteiger partial charge in [-0.3, -0.25) is 0 Å². The molecule has 24 heavy (non-hydrogen) atoms. The van der Waals surface area contributed by atoms with Crippen LogP contribution in [-0.2, 0) is 4.79 Å². The monoisotopic (exact) mass is 361 g/mol. The van der Waals surface area contributed by atoms with E-state index in [0.717, 1.165) is 15.8 Å². The predicted molar refractivity (Wildman–Crippen MR) is 97.7 cm³/mol. The highest BCUT2D eigenvalue weighted by Gasteiger charge is 2.23. The number of hydrogen-bond donors (Lipinski definition) is 2. The maximum atomic E-state index is 11.5. The first-order valence-electron chi connectivity index (χ1n) is 7.47. The summed E-state index contributed by atoms with van der Waals surface area (Å²) >= 11 is 7.65. The molecule has 5 nitrogen and oxygen atoms in total. The molecule has 0 amide bonds. The Bertz CT molecular complexity index is 894. The molecule has 2 aromatic heterocycles. The first kappa shape index (κ1) is 16.7. The first-order chi connectivity index (χ1) is 11.5. The second-order valence-corrected chi connectivity index (χ2v) is 7.04. The molecule has 0 saturated heterocycles. The van der Waals surface area contributed by atoms with Crippen molar-refractivity contribution in [2.75, 3.05) is 5.32 Å². The van der Waals surface area contributed by atoms with Gasteiger partial charge in [0, 0.05) is 5.39 Å². The van der Waals surface area contributed by atoms with Crippen LogP contribution in [0.2, 0.25) is 5.02 Å². The van der Waals surface area contributed by atoms with Crippen molar-refractivity contribution in [3.05, 3.63) is 40.7 Å². The van der Waals surface area contributed by atoms with Gasteiger partial charge in [0.1, 0.15) is 11.9 Å². The Morgan fingerprint density at radius 1 is 1.25 bits per heavy atom. The topological polar surface area (TPSA) is 75.1 Å². The van der Waals surface area contributed by atoms with Crippen LogP contribution < -0.4 is 5.32 Å². The highest BCUT2D eigenvalue weighted by molar-refractivity contribution is 7.14. The smallest absolute Gasteiger partial charge is 0.326 e. The van der Waals surface area contributed by atoms with E-state index >= 15 is 0 Å². The summed E-state index contributed by atoms with van der Waals surface area (Å²) in [6, 6.07) is 8.56. The van der Waals surface area contributed by atoms with Crippen LogP contribution >= 0.6 is 22.9 Å². The number of carbonyl (C=O) groups is 1. The van der Waals surface area contributed by atoms with Crippen LogP contribution in [0.15, 0.2) is 35.7 Å². The molecule has 124 valence electrons. The number of para-hydroxylation sites is 1. The highest BCUT2D eigenvalue weighted by Crippen LogP contribution is 2.33. The van der Waals surface area contributed by atoms with Crippen LogP contribution in [0.3, 0.4) is 0 Å². The molecular weight excluding hydrogens is 346 g/mol. The Morgan fingerprint density at radius 3 is 2.62 bits per heavy atom. The van der Waals surface area contributed by atoms with Gasteiger partial charge in [-0.2, -0.15) is 0 Å². The van der Waals surface area contributed by atoms with Crippen molar-refractivity contribution in [3.63, 3.8) is 0 Å². The van der Waals surface area contributed by atoms with E-state index in [-0.39, 0.29) is 5.92 Å². The van der Waals surface area contributed by atoms with E-state index in [2.05, 4.69) is 15.3 Å². The number of anilines is 1. The van der Waals surface area contributed by atoms with Crippen LogP contribution in [0.25, 0.3) is 21.6 Å². The van der Waals surface area contributed by atoms with Gasteiger partial charge in [0.05, 0.1) is 15.4 Å². The summed E-state index contributed by atoms with van der Waals surface area (Å²) in [5.41, 5.74) is 0.738. The molecule has 3 rings (SSSR count). The molecule has 0 fully saturated rings. The van der Waals surface area contributed by atoms with E-state index in [1.807, 2.05) is 43.5 Å². The fourth-order valence-electron chi connectivity index (χ4n) is 2.40. The fourth-order valence-corrected chi connectivity index (χ4v) is 3.48. The zero-order valence-electron chi connectivity index (χ0n) is 13.2. The molecule has 2 heterocycles. The maximum Gasteiger partial charge on any atom is 0.326 e. The van der Waals surface area contributed by atoms with Crippen molar-refractivity contribution in [3.8, 4) is 10.7 Å². The van der Waals surface area contributed by atoms with Gasteiger partial charge in [-0.15, -0.1) is 11.3 Å². The third-order valence-corrected chi connectivity index (χ3v) is 4.99. The van der Waals surface area contributed by atoms with Gasteiger partial charge >= 0.3 is 5.97 Å². The minimum atomic E-state index is -0.914. The maximum absolute atomic E-state index is 11.5. The van der Waals surface area contributed by atoms with Gasteiger partial charge in [0.2, 0.25) is 0 Å². The molecule has 0 aliphatic heterocycles. The van der Waals surface area contributed by atoms with E-state index in [0.29, 0.717) is 16.7 Å². The predicted octanol–water partition coefficient (Wildman–Crippen LogP) is 4.53. The average Bonchev–Trinajstić information content (AvgIpc) is 2.97. The van der Waals surface area contributed by atoms with Crippen molar-refractivity contribution < 1.29 is 9.90 Å². The molecule has 1 atom stereocenters. The number of hydrogen-bond acceptors (Lipinski definition) is 5. The Morgan fingerprint density at radius 2 is 2.00 bits per heavy atom. The van der Waals surface area contributed by atoms with Gasteiger partial charge in [0.25, 0.3) is 0 Å². The normalized spacial score (nSPS) is 12.5. The van der Waals surface area contributed by atoms with E-state index in [1.54, 1.807) is 6.07 Å². The molecular formula is C17H16ClN3O2S. The highest BCUT2D eigenvalue weighted by atomic mass is 35.5. The largest absolute Gasteiger partial charge is 0.480 e. The van der Waals surface area contributed by atoms with Gasteiger partial charge in [-0.25, -0.2) is 14.8 Å². The van der Waals surface area contributed by atoms with Gasteiger partial charge in [-0.05, 0) is 29.5 Å². The quantitative estimate of drug-likeness (QED) is 0.698. The van der Waals surface area contributed by atoms with Crippen LogP contribution in [0.4, 0.5) is 5.82 Å². The van der Waals surface area contributed by atoms with Crippen LogP contribution in [-0.4, -0.2) is 27.1 Å². The van der Waals surface area contributed by atoms with E-state index in [4.69, 9.17) is 11.6 Å². The molecule has 3 aromatic rings. The molecule has 0 spiro atoms. The minimum absolute atomic E-state index is 0.0926. The first-order valence-corrected chi connectivity index (χ1v) is 8.72. The number of rotatable bonds is 5. The van der Waals surface area contributed by atoms with E-state index in [1.165, 1.54) is 11.3 Å². The molecule has 0 radical (unpaired) electrons. The minimum Gasteiger partial charge on any atom is -0.480 e. The van der Waals surface area contributed by atoms with Gasteiger partial charge in [-0.1, -0.05) is 37.6 Å². The molecule has 1 aromatic carbocycles.